The molecule has 9 heteroatoms. The normalized spacial score (nSPS) is 10.4. The summed E-state index contributed by atoms with van der Waals surface area (Å²) in [5.74, 6) is 0.217. The highest BCUT2D eigenvalue weighted by molar-refractivity contribution is 9.10. The van der Waals surface area contributed by atoms with Crippen LogP contribution in [0, 0.1) is 0 Å². The van der Waals surface area contributed by atoms with Crippen molar-refractivity contribution in [3.05, 3.63) is 52.0 Å². The summed E-state index contributed by atoms with van der Waals surface area (Å²) >= 11 is 8.55. The first kappa shape index (κ1) is 19.7. The van der Waals surface area contributed by atoms with Crippen LogP contribution in [0.15, 0.2) is 46.0 Å². The number of methoxy groups -OCH3 is 2. The first-order chi connectivity index (χ1) is 12.4. The Morgan fingerprint density at radius 2 is 1.96 bits per heavy atom. The van der Waals surface area contributed by atoms with E-state index in [1.54, 1.807) is 44.7 Å². The van der Waals surface area contributed by atoms with Crippen LogP contribution in [0.25, 0.3) is 0 Å². The quantitative estimate of drug-likeness (QED) is 0.361. The van der Waals surface area contributed by atoms with E-state index in [9.17, 15) is 4.79 Å². The second-order valence-corrected chi connectivity index (χ2v) is 6.20. The number of ether oxygens (including phenoxy) is 2. The largest absolute Gasteiger partial charge is 0.496 e. The van der Waals surface area contributed by atoms with Crippen LogP contribution in [0.3, 0.4) is 0 Å². The number of carbonyl (C=O) groups is 1. The summed E-state index contributed by atoms with van der Waals surface area (Å²) in [6.45, 7) is 0. The van der Waals surface area contributed by atoms with Gasteiger partial charge in [-0.25, -0.2) is 4.79 Å². The Kier molecular flexibility index (Phi) is 6.93. The van der Waals surface area contributed by atoms with Crippen molar-refractivity contribution in [3.63, 3.8) is 0 Å². The third-order valence-electron chi connectivity index (χ3n) is 3.24. The number of aromatic carboxylic acids is 1. The molecule has 0 fully saturated rings. The summed E-state index contributed by atoms with van der Waals surface area (Å²) < 4.78 is 11.3. The Hall–Kier alpha value is -2.65. The summed E-state index contributed by atoms with van der Waals surface area (Å²) in [4.78, 5) is 11.0. The van der Waals surface area contributed by atoms with Gasteiger partial charge in [0.15, 0.2) is 5.11 Å². The number of rotatable bonds is 6. The molecule has 0 aliphatic heterocycles. The molecule has 136 valence electrons. The number of carboxylic acids is 1. The maximum atomic E-state index is 11.0. The molecule has 0 aliphatic carbocycles. The molecule has 0 saturated heterocycles. The second kappa shape index (κ2) is 9.16. The minimum atomic E-state index is -1.01. The number of carboxylic acid groups (broad SMARTS) is 1. The maximum Gasteiger partial charge on any atom is 0.335 e. The minimum Gasteiger partial charge on any atom is -0.496 e. The highest BCUT2D eigenvalue weighted by Gasteiger charge is 2.08. The van der Waals surface area contributed by atoms with Gasteiger partial charge in [0.05, 0.1) is 30.5 Å². The monoisotopic (exact) mass is 437 g/mol. The molecule has 26 heavy (non-hydrogen) atoms. The number of halogens is 1. The van der Waals surface area contributed by atoms with Gasteiger partial charge in [-0.3, -0.25) is 5.43 Å². The molecule has 0 heterocycles. The molecule has 0 bridgehead atoms. The number of thiocarbonyl (C=S) groups is 1. The molecular weight excluding hydrogens is 422 g/mol. The van der Waals surface area contributed by atoms with Crippen LogP contribution in [-0.4, -0.2) is 36.6 Å². The summed E-state index contributed by atoms with van der Waals surface area (Å²) in [6, 6.07) is 9.83. The lowest BCUT2D eigenvalue weighted by Crippen LogP contribution is -2.24. The molecule has 2 rings (SSSR count). The van der Waals surface area contributed by atoms with Crippen molar-refractivity contribution in [1.82, 2.24) is 5.43 Å². The smallest absolute Gasteiger partial charge is 0.335 e. The van der Waals surface area contributed by atoms with Crippen LogP contribution < -0.4 is 20.2 Å². The molecule has 2 aromatic carbocycles. The van der Waals surface area contributed by atoms with Gasteiger partial charge in [0.25, 0.3) is 0 Å². The van der Waals surface area contributed by atoms with Crippen molar-refractivity contribution in [2.24, 2.45) is 5.10 Å². The van der Waals surface area contributed by atoms with Crippen molar-refractivity contribution in [3.8, 4) is 11.5 Å². The van der Waals surface area contributed by atoms with E-state index in [1.807, 2.05) is 0 Å². The van der Waals surface area contributed by atoms with Crippen molar-refractivity contribution in [1.29, 1.82) is 0 Å². The van der Waals surface area contributed by atoms with Crippen LogP contribution in [0.5, 0.6) is 11.5 Å². The van der Waals surface area contributed by atoms with E-state index in [0.717, 1.165) is 4.47 Å². The molecule has 0 spiro atoms. The zero-order valence-electron chi connectivity index (χ0n) is 13.9. The summed E-state index contributed by atoms with van der Waals surface area (Å²) in [5, 5.41) is 16.1. The van der Waals surface area contributed by atoms with Crippen molar-refractivity contribution < 1.29 is 19.4 Å². The fourth-order valence-electron chi connectivity index (χ4n) is 2.03. The van der Waals surface area contributed by atoms with E-state index < -0.39 is 5.97 Å². The van der Waals surface area contributed by atoms with Crippen molar-refractivity contribution in [2.45, 2.75) is 0 Å². The summed E-state index contributed by atoms with van der Waals surface area (Å²) in [5.41, 5.74) is 4.08. The van der Waals surface area contributed by atoms with Gasteiger partial charge in [-0.05, 0) is 52.4 Å². The Morgan fingerprint density at radius 1 is 1.23 bits per heavy atom. The SMILES string of the molecule is COc1cc(OC)c(/C=N\NC(=S)Nc2cccc(C(=O)O)c2)cc1Br. The fraction of sp³-hybridized carbons (Fsp3) is 0.118. The molecule has 0 aliphatic rings. The predicted molar refractivity (Wildman–Crippen MR) is 108 cm³/mol. The van der Waals surface area contributed by atoms with Crippen molar-refractivity contribution in [2.75, 3.05) is 19.5 Å². The van der Waals surface area contributed by atoms with Crippen LogP contribution in [0.4, 0.5) is 5.69 Å². The first-order valence-corrected chi connectivity index (χ1v) is 8.49. The lowest BCUT2D eigenvalue weighted by molar-refractivity contribution is 0.0697. The number of nitrogens with zero attached hydrogens (tertiary/aromatic N) is 1. The number of hydrogen-bond acceptors (Lipinski definition) is 5. The third kappa shape index (κ3) is 5.17. The number of hydrogen-bond donors (Lipinski definition) is 3. The molecule has 0 aromatic heterocycles. The first-order valence-electron chi connectivity index (χ1n) is 7.29. The zero-order chi connectivity index (χ0) is 19.1. The van der Waals surface area contributed by atoms with E-state index >= 15 is 0 Å². The lowest BCUT2D eigenvalue weighted by Gasteiger charge is -2.10. The number of nitrogens with one attached hydrogen (secondary N) is 2. The average molecular weight is 438 g/mol. The van der Waals surface area contributed by atoms with Gasteiger partial charge in [-0.15, -0.1) is 0 Å². The van der Waals surface area contributed by atoms with Gasteiger partial charge < -0.3 is 19.9 Å². The molecular formula is C17H16BrN3O4S. The highest BCUT2D eigenvalue weighted by atomic mass is 79.9. The molecule has 0 atom stereocenters. The molecule has 0 amide bonds. The molecule has 2 aromatic rings. The zero-order valence-corrected chi connectivity index (χ0v) is 16.3. The van der Waals surface area contributed by atoms with Gasteiger partial charge in [0.2, 0.25) is 0 Å². The standard InChI is InChI=1S/C17H16BrN3O4S/c1-24-14-8-15(25-2)13(18)7-11(14)9-19-21-17(26)20-12-5-3-4-10(6-12)16(22)23/h3-9H,1-2H3,(H,22,23)(H2,20,21,26)/b19-9-. The predicted octanol–water partition coefficient (Wildman–Crippen LogP) is 3.49. The molecule has 0 radical (unpaired) electrons. The number of anilines is 1. The van der Waals surface area contributed by atoms with E-state index in [2.05, 4.69) is 31.8 Å². The van der Waals surface area contributed by atoms with Gasteiger partial charge >= 0.3 is 5.97 Å². The summed E-state index contributed by atoms with van der Waals surface area (Å²) in [6.07, 6.45) is 1.55. The number of benzene rings is 2. The highest BCUT2D eigenvalue weighted by Crippen LogP contribution is 2.31. The molecule has 0 unspecified atom stereocenters. The van der Waals surface area contributed by atoms with E-state index in [0.29, 0.717) is 22.7 Å². The van der Waals surface area contributed by atoms with Gasteiger partial charge in [-0.2, -0.15) is 5.10 Å². The topological polar surface area (TPSA) is 92.2 Å². The van der Waals surface area contributed by atoms with E-state index in [1.165, 1.54) is 12.1 Å². The van der Waals surface area contributed by atoms with Gasteiger partial charge in [0, 0.05) is 17.3 Å². The summed E-state index contributed by atoms with van der Waals surface area (Å²) in [7, 11) is 3.12. The third-order valence-corrected chi connectivity index (χ3v) is 4.05. The Balaban J connectivity index is 2.04. The fourth-order valence-corrected chi connectivity index (χ4v) is 2.73. The number of hydrazone groups is 1. The Morgan fingerprint density at radius 3 is 2.62 bits per heavy atom. The van der Waals surface area contributed by atoms with Gasteiger partial charge in [-0.1, -0.05) is 6.07 Å². The lowest BCUT2D eigenvalue weighted by atomic mass is 10.2. The minimum absolute atomic E-state index is 0.161. The van der Waals surface area contributed by atoms with E-state index in [4.69, 9.17) is 26.8 Å². The van der Waals surface area contributed by atoms with Gasteiger partial charge in [0.1, 0.15) is 11.5 Å². The Labute approximate surface area is 164 Å². The Bertz CT molecular complexity index is 858. The van der Waals surface area contributed by atoms with Crippen LogP contribution in [0.2, 0.25) is 0 Å². The molecule has 7 nitrogen and oxygen atoms in total. The molecule has 0 saturated carbocycles. The van der Waals surface area contributed by atoms with Crippen LogP contribution in [0.1, 0.15) is 15.9 Å². The van der Waals surface area contributed by atoms with Crippen LogP contribution >= 0.6 is 28.1 Å². The van der Waals surface area contributed by atoms with E-state index in [-0.39, 0.29) is 10.7 Å². The average Bonchev–Trinajstić information content (AvgIpc) is 2.62. The van der Waals surface area contributed by atoms with Crippen LogP contribution in [-0.2, 0) is 0 Å². The maximum absolute atomic E-state index is 11.0. The second-order valence-electron chi connectivity index (χ2n) is 4.94. The van der Waals surface area contributed by atoms with Crippen molar-refractivity contribution >= 4 is 51.1 Å². The molecule has 3 N–H and O–H groups in total.